The van der Waals surface area contributed by atoms with Gasteiger partial charge in [0.15, 0.2) is 6.29 Å². The van der Waals surface area contributed by atoms with E-state index in [0.29, 0.717) is 11.8 Å². The van der Waals surface area contributed by atoms with Gasteiger partial charge in [-0.25, -0.2) is 4.39 Å². The summed E-state index contributed by atoms with van der Waals surface area (Å²) in [5.74, 6) is 0.957. The van der Waals surface area contributed by atoms with Crippen molar-refractivity contribution in [3.8, 4) is 0 Å². The fraction of sp³-hybridized carbons (Fsp3) is 0.625. The Bertz CT molecular complexity index is 390. The van der Waals surface area contributed by atoms with E-state index in [2.05, 4.69) is 0 Å². The number of halogens is 1. The molecule has 2 aliphatic rings. The Balaban J connectivity index is 1.55. The van der Waals surface area contributed by atoms with Crippen molar-refractivity contribution in [1.29, 1.82) is 0 Å². The van der Waals surface area contributed by atoms with Crippen LogP contribution < -0.4 is 0 Å². The van der Waals surface area contributed by atoms with Gasteiger partial charge in [-0.15, -0.1) is 0 Å². The van der Waals surface area contributed by atoms with Gasteiger partial charge in [0.2, 0.25) is 0 Å². The molecule has 19 heavy (non-hydrogen) atoms. The first-order valence-electron chi connectivity index (χ1n) is 7.31. The van der Waals surface area contributed by atoms with Gasteiger partial charge in [0.05, 0.1) is 13.2 Å². The van der Waals surface area contributed by atoms with Gasteiger partial charge < -0.3 is 9.47 Å². The maximum absolute atomic E-state index is 12.9. The van der Waals surface area contributed by atoms with E-state index < -0.39 is 0 Å². The second-order valence-electron chi connectivity index (χ2n) is 5.63. The van der Waals surface area contributed by atoms with Crippen LogP contribution in [0.5, 0.6) is 0 Å². The van der Waals surface area contributed by atoms with Gasteiger partial charge in [0.1, 0.15) is 5.82 Å². The minimum absolute atomic E-state index is 0.0166. The summed E-state index contributed by atoms with van der Waals surface area (Å²) in [5.41, 5.74) is 1.27. The zero-order valence-electron chi connectivity index (χ0n) is 11.2. The number of hydrogen-bond donors (Lipinski definition) is 0. The molecule has 3 rings (SSSR count). The molecule has 1 saturated carbocycles. The smallest absolute Gasteiger partial charge is 0.160 e. The average molecular weight is 264 g/mol. The minimum atomic E-state index is -0.151. The molecule has 2 nitrogen and oxygen atoms in total. The zero-order chi connectivity index (χ0) is 13.1. The summed E-state index contributed by atoms with van der Waals surface area (Å²) in [6.07, 6.45) is 5.63. The molecule has 0 radical (unpaired) electrons. The fourth-order valence-corrected chi connectivity index (χ4v) is 3.24. The van der Waals surface area contributed by atoms with E-state index in [1.807, 2.05) is 12.1 Å². The Morgan fingerprint density at radius 3 is 2.16 bits per heavy atom. The van der Waals surface area contributed by atoms with Gasteiger partial charge in [0, 0.05) is 5.92 Å². The number of hydrogen-bond acceptors (Lipinski definition) is 2. The van der Waals surface area contributed by atoms with Gasteiger partial charge in [-0.2, -0.15) is 0 Å². The molecule has 1 aliphatic carbocycles. The lowest BCUT2D eigenvalue weighted by Gasteiger charge is -2.35. The molecule has 1 saturated heterocycles. The third-order valence-electron chi connectivity index (χ3n) is 4.35. The molecule has 0 unspecified atom stereocenters. The van der Waals surface area contributed by atoms with Crippen molar-refractivity contribution in [2.75, 3.05) is 13.2 Å². The normalized spacial score (nSPS) is 29.3. The molecule has 3 heteroatoms. The second-order valence-corrected chi connectivity index (χ2v) is 5.63. The summed E-state index contributed by atoms with van der Waals surface area (Å²) in [7, 11) is 0. The molecule has 0 bridgehead atoms. The number of benzene rings is 1. The van der Waals surface area contributed by atoms with Gasteiger partial charge in [-0.1, -0.05) is 12.1 Å². The first-order chi connectivity index (χ1) is 9.33. The van der Waals surface area contributed by atoms with E-state index in [1.54, 1.807) is 12.1 Å². The summed E-state index contributed by atoms with van der Waals surface area (Å²) in [6, 6.07) is 6.98. The van der Waals surface area contributed by atoms with E-state index in [1.165, 1.54) is 5.56 Å². The van der Waals surface area contributed by atoms with Crippen LogP contribution in [0.15, 0.2) is 24.3 Å². The van der Waals surface area contributed by atoms with Crippen LogP contribution in [-0.4, -0.2) is 19.5 Å². The average Bonchev–Trinajstić information content (AvgIpc) is 2.49. The number of ether oxygens (including phenoxy) is 2. The third-order valence-corrected chi connectivity index (χ3v) is 4.35. The van der Waals surface area contributed by atoms with Crippen molar-refractivity contribution < 1.29 is 13.9 Å². The topological polar surface area (TPSA) is 18.5 Å². The zero-order valence-corrected chi connectivity index (χ0v) is 11.2. The summed E-state index contributed by atoms with van der Waals surface area (Å²) in [4.78, 5) is 0. The highest BCUT2D eigenvalue weighted by Crippen LogP contribution is 2.38. The molecule has 1 heterocycles. The van der Waals surface area contributed by atoms with Gasteiger partial charge in [0.25, 0.3) is 0 Å². The van der Waals surface area contributed by atoms with Crippen molar-refractivity contribution in [3.05, 3.63) is 35.6 Å². The SMILES string of the molecule is Fc1ccc(C2CCC(C3OCCCO3)CC2)cc1. The molecular weight excluding hydrogens is 243 g/mol. The van der Waals surface area contributed by atoms with Crippen LogP contribution in [0, 0.1) is 11.7 Å². The van der Waals surface area contributed by atoms with Crippen molar-refractivity contribution in [3.63, 3.8) is 0 Å². The predicted octanol–water partition coefficient (Wildman–Crippen LogP) is 3.86. The number of rotatable bonds is 2. The van der Waals surface area contributed by atoms with Crippen molar-refractivity contribution in [1.82, 2.24) is 0 Å². The highest BCUT2D eigenvalue weighted by molar-refractivity contribution is 5.20. The van der Waals surface area contributed by atoms with Gasteiger partial charge >= 0.3 is 0 Å². The van der Waals surface area contributed by atoms with Crippen LogP contribution >= 0.6 is 0 Å². The molecule has 104 valence electrons. The van der Waals surface area contributed by atoms with Gasteiger partial charge in [-0.05, 0) is 55.7 Å². The maximum atomic E-state index is 12.9. The second kappa shape index (κ2) is 6.02. The fourth-order valence-electron chi connectivity index (χ4n) is 3.24. The summed E-state index contributed by atoms with van der Waals surface area (Å²) in [5, 5.41) is 0. The first kappa shape index (κ1) is 13.1. The minimum Gasteiger partial charge on any atom is -0.352 e. The first-order valence-corrected chi connectivity index (χ1v) is 7.31. The van der Waals surface area contributed by atoms with Crippen LogP contribution in [-0.2, 0) is 9.47 Å². The molecule has 0 amide bonds. The molecule has 0 atom stereocenters. The van der Waals surface area contributed by atoms with Crippen LogP contribution in [0.2, 0.25) is 0 Å². The maximum Gasteiger partial charge on any atom is 0.160 e. The van der Waals surface area contributed by atoms with Crippen LogP contribution in [0.25, 0.3) is 0 Å². The Morgan fingerprint density at radius 1 is 0.895 bits per heavy atom. The van der Waals surface area contributed by atoms with Crippen molar-refractivity contribution >= 4 is 0 Å². The summed E-state index contributed by atoms with van der Waals surface area (Å²) < 4.78 is 24.3. The highest BCUT2D eigenvalue weighted by Gasteiger charge is 2.30. The van der Waals surface area contributed by atoms with Crippen LogP contribution in [0.3, 0.4) is 0 Å². The van der Waals surface area contributed by atoms with E-state index in [9.17, 15) is 4.39 Å². The van der Waals surface area contributed by atoms with Gasteiger partial charge in [-0.3, -0.25) is 0 Å². The van der Waals surface area contributed by atoms with E-state index in [0.717, 1.165) is 45.3 Å². The Morgan fingerprint density at radius 2 is 1.53 bits per heavy atom. The molecule has 1 aromatic rings. The lowest BCUT2D eigenvalue weighted by Crippen LogP contribution is -2.34. The Hall–Kier alpha value is -0.930. The summed E-state index contributed by atoms with van der Waals surface area (Å²) >= 11 is 0. The lowest BCUT2D eigenvalue weighted by molar-refractivity contribution is -0.209. The largest absolute Gasteiger partial charge is 0.352 e. The van der Waals surface area contributed by atoms with Crippen LogP contribution in [0.1, 0.15) is 43.6 Å². The van der Waals surface area contributed by atoms with Crippen LogP contribution in [0.4, 0.5) is 4.39 Å². The van der Waals surface area contributed by atoms with E-state index >= 15 is 0 Å². The molecule has 0 aromatic heterocycles. The van der Waals surface area contributed by atoms with E-state index in [-0.39, 0.29) is 12.1 Å². The van der Waals surface area contributed by atoms with Crippen molar-refractivity contribution in [2.24, 2.45) is 5.92 Å². The molecule has 2 fully saturated rings. The molecule has 1 aromatic carbocycles. The monoisotopic (exact) mass is 264 g/mol. The van der Waals surface area contributed by atoms with Crippen molar-refractivity contribution in [2.45, 2.75) is 44.3 Å². The quantitative estimate of drug-likeness (QED) is 0.807. The lowest BCUT2D eigenvalue weighted by atomic mass is 9.78. The predicted molar refractivity (Wildman–Crippen MR) is 71.4 cm³/mol. The standard InChI is InChI=1S/C16H21FO2/c17-15-8-6-13(7-9-15)12-2-4-14(5-3-12)16-18-10-1-11-19-16/h6-9,12,14,16H,1-5,10-11H2. The molecule has 1 aliphatic heterocycles. The molecule has 0 spiro atoms. The van der Waals surface area contributed by atoms with E-state index in [4.69, 9.17) is 9.47 Å². The molecular formula is C16H21FO2. The third kappa shape index (κ3) is 3.15. The summed E-state index contributed by atoms with van der Waals surface area (Å²) in [6.45, 7) is 1.67. The Kier molecular flexibility index (Phi) is 4.14. The highest BCUT2D eigenvalue weighted by atomic mass is 19.1. The Labute approximate surface area is 113 Å². The molecule has 0 N–H and O–H groups in total.